The van der Waals surface area contributed by atoms with E-state index in [4.69, 9.17) is 19.9 Å². The van der Waals surface area contributed by atoms with E-state index in [2.05, 4.69) is 53.1 Å². The number of benzene rings is 2. The van der Waals surface area contributed by atoms with Crippen LogP contribution >= 0.6 is 0 Å². The lowest BCUT2D eigenvalue weighted by atomic mass is 10.0. The molecule has 6 nitrogen and oxygen atoms in total. The van der Waals surface area contributed by atoms with Crippen LogP contribution < -0.4 is 15.4 Å². The third-order valence-corrected chi connectivity index (χ3v) is 5.67. The van der Waals surface area contributed by atoms with Gasteiger partial charge in [-0.1, -0.05) is 12.1 Å². The average Bonchev–Trinajstić information content (AvgIpc) is 2.76. The van der Waals surface area contributed by atoms with Crippen LogP contribution in [-0.2, 0) is 9.47 Å². The normalized spacial score (nSPS) is 18.0. The van der Waals surface area contributed by atoms with Crippen molar-refractivity contribution in [1.82, 2.24) is 4.90 Å². The maximum absolute atomic E-state index is 6.41. The minimum absolute atomic E-state index is 0.691. The number of rotatable bonds is 6. The van der Waals surface area contributed by atoms with E-state index >= 15 is 0 Å². The standard InChI is InChI=1S/C23H31N3O3/c1-18-16-19(2-5-23(18)29-15-8-25-6-11-27-12-7-25)21-4-3-20(17-22(21)24)26-9-13-28-14-10-26/h2-5,16-17H,6-15,24H2,1H3. The molecule has 2 aliphatic rings. The van der Waals surface area contributed by atoms with E-state index in [1.165, 1.54) is 0 Å². The zero-order valence-corrected chi connectivity index (χ0v) is 17.2. The first-order chi connectivity index (χ1) is 14.2. The zero-order chi connectivity index (χ0) is 20.1. The topological polar surface area (TPSA) is 60.2 Å². The van der Waals surface area contributed by atoms with Gasteiger partial charge in [0.15, 0.2) is 0 Å². The molecule has 0 radical (unpaired) electrons. The first-order valence-electron chi connectivity index (χ1n) is 10.5. The molecule has 2 saturated heterocycles. The monoisotopic (exact) mass is 397 g/mol. The Balaban J connectivity index is 1.40. The van der Waals surface area contributed by atoms with E-state index in [0.29, 0.717) is 6.61 Å². The Kier molecular flexibility index (Phi) is 6.54. The molecule has 2 fully saturated rings. The van der Waals surface area contributed by atoms with Crippen LogP contribution in [0.2, 0.25) is 0 Å². The minimum Gasteiger partial charge on any atom is -0.492 e. The molecule has 6 heteroatoms. The van der Waals surface area contributed by atoms with Gasteiger partial charge in [0.25, 0.3) is 0 Å². The molecule has 2 aliphatic heterocycles. The van der Waals surface area contributed by atoms with Gasteiger partial charge < -0.3 is 24.8 Å². The van der Waals surface area contributed by atoms with Gasteiger partial charge in [-0.15, -0.1) is 0 Å². The Bertz CT molecular complexity index is 815. The van der Waals surface area contributed by atoms with Crippen molar-refractivity contribution in [3.63, 3.8) is 0 Å². The van der Waals surface area contributed by atoms with Crippen LogP contribution in [-0.4, -0.2) is 70.7 Å². The number of nitrogens with two attached hydrogens (primary N) is 1. The molecule has 2 aromatic carbocycles. The van der Waals surface area contributed by atoms with Crippen LogP contribution in [0, 0.1) is 6.92 Å². The molecule has 0 spiro atoms. The Morgan fingerprint density at radius 2 is 1.66 bits per heavy atom. The van der Waals surface area contributed by atoms with Crippen molar-refractivity contribution >= 4 is 11.4 Å². The van der Waals surface area contributed by atoms with Crippen molar-refractivity contribution in [1.29, 1.82) is 0 Å². The molecule has 2 aromatic rings. The number of hydrogen-bond donors (Lipinski definition) is 1. The highest BCUT2D eigenvalue weighted by molar-refractivity contribution is 5.80. The molecule has 156 valence electrons. The SMILES string of the molecule is Cc1cc(-c2ccc(N3CCOCC3)cc2N)ccc1OCCN1CCOCC1. The van der Waals surface area contributed by atoms with Gasteiger partial charge in [0, 0.05) is 49.7 Å². The molecule has 2 N–H and O–H groups in total. The lowest BCUT2D eigenvalue weighted by Gasteiger charge is -2.29. The molecule has 0 unspecified atom stereocenters. The summed E-state index contributed by atoms with van der Waals surface area (Å²) in [5.41, 5.74) is 11.7. The van der Waals surface area contributed by atoms with Crippen molar-refractivity contribution < 1.29 is 14.2 Å². The largest absolute Gasteiger partial charge is 0.492 e. The summed E-state index contributed by atoms with van der Waals surface area (Å²) in [6.45, 7) is 10.7. The number of aryl methyl sites for hydroxylation is 1. The molecule has 0 aromatic heterocycles. The quantitative estimate of drug-likeness (QED) is 0.757. The summed E-state index contributed by atoms with van der Waals surface area (Å²) in [6.07, 6.45) is 0. The maximum Gasteiger partial charge on any atom is 0.122 e. The van der Waals surface area contributed by atoms with Gasteiger partial charge in [0.2, 0.25) is 0 Å². The van der Waals surface area contributed by atoms with Crippen LogP contribution in [0.1, 0.15) is 5.56 Å². The highest BCUT2D eigenvalue weighted by Gasteiger charge is 2.14. The second kappa shape index (κ2) is 9.48. The fourth-order valence-electron chi connectivity index (χ4n) is 3.92. The molecular weight excluding hydrogens is 366 g/mol. The number of nitrogens with zero attached hydrogens (tertiary/aromatic N) is 2. The summed E-state index contributed by atoms with van der Waals surface area (Å²) in [6, 6.07) is 12.6. The van der Waals surface area contributed by atoms with Gasteiger partial charge in [-0.25, -0.2) is 0 Å². The summed E-state index contributed by atoms with van der Waals surface area (Å²) >= 11 is 0. The molecule has 29 heavy (non-hydrogen) atoms. The smallest absolute Gasteiger partial charge is 0.122 e. The fraction of sp³-hybridized carbons (Fsp3) is 0.478. The van der Waals surface area contributed by atoms with E-state index in [1.807, 2.05) is 0 Å². The Morgan fingerprint density at radius 3 is 2.34 bits per heavy atom. The van der Waals surface area contributed by atoms with Crippen molar-refractivity contribution in [3.05, 3.63) is 42.0 Å². The third kappa shape index (κ3) is 5.01. The van der Waals surface area contributed by atoms with Gasteiger partial charge in [-0.2, -0.15) is 0 Å². The summed E-state index contributed by atoms with van der Waals surface area (Å²) in [4.78, 5) is 4.70. The van der Waals surface area contributed by atoms with E-state index < -0.39 is 0 Å². The van der Waals surface area contributed by atoms with Crippen LogP contribution in [0.3, 0.4) is 0 Å². The van der Waals surface area contributed by atoms with E-state index in [0.717, 1.165) is 93.0 Å². The zero-order valence-electron chi connectivity index (χ0n) is 17.2. The van der Waals surface area contributed by atoms with Crippen molar-refractivity contribution in [2.75, 3.05) is 76.4 Å². The molecule has 2 heterocycles. The van der Waals surface area contributed by atoms with Crippen LogP contribution in [0.15, 0.2) is 36.4 Å². The predicted octanol–water partition coefficient (Wildman–Crippen LogP) is 2.79. The molecular formula is C23H31N3O3. The summed E-state index contributed by atoms with van der Waals surface area (Å²) in [5, 5.41) is 0. The molecule has 4 rings (SSSR count). The second-order valence-corrected chi connectivity index (χ2v) is 7.65. The number of nitrogen functional groups attached to an aromatic ring is 1. The lowest BCUT2D eigenvalue weighted by Crippen LogP contribution is -2.38. The average molecular weight is 398 g/mol. The molecule has 0 saturated carbocycles. The van der Waals surface area contributed by atoms with Gasteiger partial charge in [0.05, 0.1) is 26.4 Å². The number of ether oxygens (including phenoxy) is 3. The van der Waals surface area contributed by atoms with Crippen LogP contribution in [0.5, 0.6) is 5.75 Å². The maximum atomic E-state index is 6.41. The van der Waals surface area contributed by atoms with E-state index in [-0.39, 0.29) is 0 Å². The van der Waals surface area contributed by atoms with E-state index in [1.54, 1.807) is 0 Å². The highest BCUT2D eigenvalue weighted by Crippen LogP contribution is 2.32. The molecule has 0 amide bonds. The Morgan fingerprint density at radius 1 is 0.931 bits per heavy atom. The van der Waals surface area contributed by atoms with E-state index in [9.17, 15) is 0 Å². The number of morpholine rings is 2. The summed E-state index contributed by atoms with van der Waals surface area (Å²) < 4.78 is 16.9. The first kappa shape index (κ1) is 20.0. The molecule has 0 bridgehead atoms. The number of hydrogen-bond acceptors (Lipinski definition) is 6. The number of anilines is 2. The minimum atomic E-state index is 0.691. The summed E-state index contributed by atoms with van der Waals surface area (Å²) in [5.74, 6) is 0.936. The Labute approximate surface area is 173 Å². The summed E-state index contributed by atoms with van der Waals surface area (Å²) in [7, 11) is 0. The van der Waals surface area contributed by atoms with Gasteiger partial charge in [-0.3, -0.25) is 4.90 Å². The lowest BCUT2D eigenvalue weighted by molar-refractivity contribution is 0.0322. The van der Waals surface area contributed by atoms with Crippen molar-refractivity contribution in [2.24, 2.45) is 0 Å². The van der Waals surface area contributed by atoms with Crippen molar-refractivity contribution in [3.8, 4) is 16.9 Å². The first-order valence-corrected chi connectivity index (χ1v) is 10.5. The molecule has 0 atom stereocenters. The van der Waals surface area contributed by atoms with Gasteiger partial charge >= 0.3 is 0 Å². The predicted molar refractivity (Wildman–Crippen MR) is 117 cm³/mol. The Hall–Kier alpha value is -2.28. The third-order valence-electron chi connectivity index (χ3n) is 5.67. The molecule has 0 aliphatic carbocycles. The van der Waals surface area contributed by atoms with Crippen molar-refractivity contribution in [2.45, 2.75) is 6.92 Å². The fourth-order valence-corrected chi connectivity index (χ4v) is 3.92. The second-order valence-electron chi connectivity index (χ2n) is 7.65. The van der Waals surface area contributed by atoms with Gasteiger partial charge in [0.1, 0.15) is 12.4 Å². The highest BCUT2D eigenvalue weighted by atomic mass is 16.5. The van der Waals surface area contributed by atoms with Crippen LogP contribution in [0.4, 0.5) is 11.4 Å². The van der Waals surface area contributed by atoms with Crippen LogP contribution in [0.25, 0.3) is 11.1 Å². The van der Waals surface area contributed by atoms with Gasteiger partial charge in [-0.05, 0) is 42.3 Å².